The van der Waals surface area contributed by atoms with Crippen LogP contribution in [0.3, 0.4) is 0 Å². The predicted octanol–water partition coefficient (Wildman–Crippen LogP) is 3.33. The Labute approximate surface area is 77.2 Å². The molecule has 0 amide bonds. The summed E-state index contributed by atoms with van der Waals surface area (Å²) in [7, 11) is 0. The van der Waals surface area contributed by atoms with Crippen LogP contribution in [0.1, 0.15) is 46.5 Å². The largest absolute Gasteiger partial charge is 0.389 e. The van der Waals surface area contributed by atoms with E-state index < -0.39 is 0 Å². The van der Waals surface area contributed by atoms with E-state index in [4.69, 9.17) is 0 Å². The summed E-state index contributed by atoms with van der Waals surface area (Å²) in [6, 6.07) is 0. The summed E-state index contributed by atoms with van der Waals surface area (Å²) in [6.45, 7) is 11.7. The summed E-state index contributed by atoms with van der Waals surface area (Å²) >= 11 is 0. The molecular weight excluding hydrogens is 146 g/mol. The zero-order chi connectivity index (χ0) is 9.40. The first-order chi connectivity index (χ1) is 5.66. The maximum Gasteiger partial charge on any atom is 0.0143 e. The molecule has 1 heteroatoms. The van der Waals surface area contributed by atoms with Crippen LogP contribution in [-0.4, -0.2) is 6.54 Å². The van der Waals surface area contributed by atoms with E-state index in [0.717, 1.165) is 18.9 Å². The van der Waals surface area contributed by atoms with Gasteiger partial charge >= 0.3 is 0 Å². The minimum Gasteiger partial charge on any atom is -0.389 e. The van der Waals surface area contributed by atoms with Gasteiger partial charge in [0.25, 0.3) is 0 Å². The minimum absolute atomic E-state index is 0.847. The molecule has 0 rings (SSSR count). The summed E-state index contributed by atoms with van der Waals surface area (Å²) < 4.78 is 0. The van der Waals surface area contributed by atoms with Gasteiger partial charge in [-0.15, -0.1) is 0 Å². The second kappa shape index (κ2) is 7.20. The van der Waals surface area contributed by atoms with Crippen molar-refractivity contribution < 1.29 is 0 Å². The molecule has 0 spiro atoms. The molecule has 0 saturated carbocycles. The van der Waals surface area contributed by atoms with Gasteiger partial charge in [-0.25, -0.2) is 0 Å². The van der Waals surface area contributed by atoms with E-state index in [2.05, 4.69) is 32.7 Å². The third-order valence-corrected chi connectivity index (χ3v) is 2.01. The summed E-state index contributed by atoms with van der Waals surface area (Å²) in [4.78, 5) is 0. The molecule has 0 aromatic rings. The van der Waals surface area contributed by atoms with Gasteiger partial charge in [-0.1, -0.05) is 40.2 Å². The van der Waals surface area contributed by atoms with Gasteiger partial charge in [0.15, 0.2) is 0 Å². The van der Waals surface area contributed by atoms with Gasteiger partial charge in [-0.3, -0.25) is 0 Å². The fraction of sp³-hybridized carbons (Fsp3) is 0.818. The highest BCUT2D eigenvalue weighted by Gasteiger charge is 1.93. The Morgan fingerprint density at radius 2 is 2.00 bits per heavy atom. The number of nitrogens with one attached hydrogen (secondary N) is 1. The number of unbranched alkanes of at least 4 members (excludes halogenated alkanes) is 1. The molecule has 0 aliphatic rings. The Morgan fingerprint density at radius 3 is 2.50 bits per heavy atom. The lowest BCUT2D eigenvalue weighted by Crippen LogP contribution is -2.13. The molecule has 1 nitrogen and oxygen atoms in total. The Hall–Kier alpha value is -0.460. The molecule has 0 aliphatic carbocycles. The molecular formula is C11H23N. The Balaban J connectivity index is 3.05. The van der Waals surface area contributed by atoms with Crippen LogP contribution in [0.4, 0.5) is 0 Å². The lowest BCUT2D eigenvalue weighted by molar-refractivity contribution is 0.530. The van der Waals surface area contributed by atoms with Crippen molar-refractivity contribution in [2.45, 2.75) is 46.5 Å². The van der Waals surface area contributed by atoms with Crippen molar-refractivity contribution in [2.24, 2.45) is 5.92 Å². The normalized spacial score (nSPS) is 10.3. The molecule has 72 valence electrons. The zero-order valence-corrected chi connectivity index (χ0v) is 8.82. The van der Waals surface area contributed by atoms with E-state index in [-0.39, 0.29) is 0 Å². The second-order valence-electron chi connectivity index (χ2n) is 3.77. The zero-order valence-electron chi connectivity index (χ0n) is 8.82. The van der Waals surface area contributed by atoms with Gasteiger partial charge in [0.2, 0.25) is 0 Å². The molecule has 1 N–H and O–H groups in total. The number of hydrogen-bond acceptors (Lipinski definition) is 1. The second-order valence-corrected chi connectivity index (χ2v) is 3.77. The third kappa shape index (κ3) is 7.64. The highest BCUT2D eigenvalue weighted by atomic mass is 14.9. The van der Waals surface area contributed by atoms with Crippen molar-refractivity contribution in [2.75, 3.05) is 6.54 Å². The van der Waals surface area contributed by atoms with Crippen LogP contribution in [0.15, 0.2) is 12.3 Å². The van der Waals surface area contributed by atoms with Crippen LogP contribution < -0.4 is 5.32 Å². The smallest absolute Gasteiger partial charge is 0.0143 e. The van der Waals surface area contributed by atoms with Crippen molar-refractivity contribution >= 4 is 0 Å². The van der Waals surface area contributed by atoms with Crippen LogP contribution in [0, 0.1) is 5.92 Å². The van der Waals surface area contributed by atoms with Gasteiger partial charge in [0, 0.05) is 12.2 Å². The summed E-state index contributed by atoms with van der Waals surface area (Å²) in [5.74, 6) is 0.847. The highest BCUT2D eigenvalue weighted by molar-refractivity contribution is 4.88. The number of allylic oxidation sites excluding steroid dienone is 1. The maximum absolute atomic E-state index is 3.89. The number of rotatable bonds is 7. The lowest BCUT2D eigenvalue weighted by Gasteiger charge is -2.07. The quantitative estimate of drug-likeness (QED) is 0.576. The molecule has 0 unspecified atom stereocenters. The van der Waals surface area contributed by atoms with Crippen molar-refractivity contribution in [1.82, 2.24) is 5.32 Å². The van der Waals surface area contributed by atoms with Crippen LogP contribution in [-0.2, 0) is 0 Å². The molecule has 0 fully saturated rings. The van der Waals surface area contributed by atoms with Crippen molar-refractivity contribution in [3.05, 3.63) is 12.3 Å². The lowest BCUT2D eigenvalue weighted by atomic mass is 10.1. The van der Waals surface area contributed by atoms with Crippen molar-refractivity contribution in [3.8, 4) is 0 Å². The van der Waals surface area contributed by atoms with Gasteiger partial charge in [-0.05, 0) is 18.8 Å². The predicted molar refractivity (Wildman–Crippen MR) is 56.1 cm³/mol. The third-order valence-electron chi connectivity index (χ3n) is 2.01. The van der Waals surface area contributed by atoms with E-state index >= 15 is 0 Å². The SMILES string of the molecule is C=C(CC)NCCCCC(C)C. The molecule has 0 aromatic heterocycles. The number of hydrogen-bond donors (Lipinski definition) is 1. The molecule has 0 saturated heterocycles. The first-order valence-electron chi connectivity index (χ1n) is 5.08. The van der Waals surface area contributed by atoms with Crippen LogP contribution in [0.5, 0.6) is 0 Å². The summed E-state index contributed by atoms with van der Waals surface area (Å²) in [5.41, 5.74) is 1.17. The summed E-state index contributed by atoms with van der Waals surface area (Å²) in [6.07, 6.45) is 5.00. The molecule has 0 aromatic carbocycles. The van der Waals surface area contributed by atoms with Gasteiger partial charge < -0.3 is 5.32 Å². The van der Waals surface area contributed by atoms with E-state index in [1.807, 2.05) is 0 Å². The minimum atomic E-state index is 0.847. The Bertz CT molecular complexity index is 116. The fourth-order valence-corrected chi connectivity index (χ4v) is 1.07. The standard InChI is InChI=1S/C11H23N/c1-5-11(4)12-9-7-6-8-10(2)3/h10,12H,4-9H2,1-3H3. The van der Waals surface area contributed by atoms with E-state index in [0.29, 0.717) is 0 Å². The molecule has 0 atom stereocenters. The average Bonchev–Trinajstić information content (AvgIpc) is 2.03. The Morgan fingerprint density at radius 1 is 1.33 bits per heavy atom. The molecule has 0 bridgehead atoms. The molecule has 12 heavy (non-hydrogen) atoms. The van der Waals surface area contributed by atoms with Gasteiger partial charge in [-0.2, -0.15) is 0 Å². The van der Waals surface area contributed by atoms with Gasteiger partial charge in [0.05, 0.1) is 0 Å². The van der Waals surface area contributed by atoms with Crippen LogP contribution >= 0.6 is 0 Å². The van der Waals surface area contributed by atoms with Gasteiger partial charge in [0.1, 0.15) is 0 Å². The van der Waals surface area contributed by atoms with Crippen LogP contribution in [0.25, 0.3) is 0 Å². The molecule has 0 radical (unpaired) electrons. The highest BCUT2D eigenvalue weighted by Crippen LogP contribution is 2.05. The van der Waals surface area contributed by atoms with E-state index in [1.165, 1.54) is 25.0 Å². The Kier molecular flexibility index (Phi) is 6.93. The monoisotopic (exact) mass is 169 g/mol. The van der Waals surface area contributed by atoms with Crippen LogP contribution in [0.2, 0.25) is 0 Å². The van der Waals surface area contributed by atoms with Crippen molar-refractivity contribution in [1.29, 1.82) is 0 Å². The fourth-order valence-electron chi connectivity index (χ4n) is 1.07. The van der Waals surface area contributed by atoms with E-state index in [1.54, 1.807) is 0 Å². The molecule has 0 aliphatic heterocycles. The summed E-state index contributed by atoms with van der Waals surface area (Å²) in [5, 5.41) is 3.31. The first kappa shape index (κ1) is 11.5. The van der Waals surface area contributed by atoms with E-state index in [9.17, 15) is 0 Å². The average molecular weight is 169 g/mol. The topological polar surface area (TPSA) is 12.0 Å². The van der Waals surface area contributed by atoms with Crippen molar-refractivity contribution in [3.63, 3.8) is 0 Å². The maximum atomic E-state index is 3.89. The first-order valence-corrected chi connectivity index (χ1v) is 5.08. The molecule has 0 heterocycles.